The van der Waals surface area contributed by atoms with E-state index in [1.165, 1.54) is 0 Å². The Morgan fingerprint density at radius 3 is 2.79 bits per heavy atom. The molecular formula is C17H21N3O3S. The lowest BCUT2D eigenvalue weighted by Crippen LogP contribution is -2.50. The molecule has 2 N–H and O–H groups in total. The van der Waals surface area contributed by atoms with Gasteiger partial charge in [0.15, 0.2) is 0 Å². The molecule has 2 atom stereocenters. The van der Waals surface area contributed by atoms with Crippen molar-refractivity contribution in [1.29, 1.82) is 0 Å². The van der Waals surface area contributed by atoms with Gasteiger partial charge in [-0.1, -0.05) is 17.7 Å². The lowest BCUT2D eigenvalue weighted by Gasteiger charge is -2.26. The fourth-order valence-corrected chi connectivity index (χ4v) is 4.21. The van der Waals surface area contributed by atoms with Crippen LogP contribution >= 0.6 is 11.8 Å². The predicted octanol–water partition coefficient (Wildman–Crippen LogP) is 1.42. The molecule has 6 nitrogen and oxygen atoms in total. The summed E-state index contributed by atoms with van der Waals surface area (Å²) in [5.41, 5.74) is 2.90. The molecule has 0 aromatic heterocycles. The summed E-state index contributed by atoms with van der Waals surface area (Å²) in [5.74, 6) is 0.618. The number of anilines is 1. The van der Waals surface area contributed by atoms with Gasteiger partial charge in [-0.15, -0.1) is 11.8 Å². The molecule has 24 heavy (non-hydrogen) atoms. The number of carbonyl (C=O) groups excluding carboxylic acids is 3. The summed E-state index contributed by atoms with van der Waals surface area (Å²) in [7, 11) is 0. The number of nitrogens with one attached hydrogen (secondary N) is 2. The molecule has 0 spiro atoms. The smallest absolute Gasteiger partial charge is 0.248 e. The topological polar surface area (TPSA) is 78.5 Å². The van der Waals surface area contributed by atoms with Crippen molar-refractivity contribution in [3.8, 4) is 0 Å². The summed E-state index contributed by atoms with van der Waals surface area (Å²) in [6.45, 7) is 3.95. The maximum atomic E-state index is 12.6. The normalized spacial score (nSPS) is 23.2. The maximum Gasteiger partial charge on any atom is 0.248 e. The van der Waals surface area contributed by atoms with Crippen molar-refractivity contribution in [3.63, 3.8) is 0 Å². The molecule has 0 bridgehead atoms. The van der Waals surface area contributed by atoms with E-state index >= 15 is 0 Å². The van der Waals surface area contributed by atoms with Crippen molar-refractivity contribution >= 4 is 35.2 Å². The van der Waals surface area contributed by atoms with Crippen LogP contribution in [0, 0.1) is 13.8 Å². The monoisotopic (exact) mass is 347 g/mol. The van der Waals surface area contributed by atoms with Crippen LogP contribution in [-0.2, 0) is 14.4 Å². The minimum Gasteiger partial charge on any atom is -0.344 e. The molecule has 0 aliphatic carbocycles. The van der Waals surface area contributed by atoms with E-state index in [0.29, 0.717) is 24.5 Å². The first kappa shape index (κ1) is 16.8. The summed E-state index contributed by atoms with van der Waals surface area (Å²) in [5, 5.41) is 5.61. The lowest BCUT2D eigenvalue weighted by atomic mass is 10.1. The van der Waals surface area contributed by atoms with Gasteiger partial charge in [0.2, 0.25) is 17.7 Å². The average molecular weight is 347 g/mol. The molecule has 1 aromatic rings. The molecule has 2 aliphatic heterocycles. The minimum absolute atomic E-state index is 0.100. The van der Waals surface area contributed by atoms with Crippen LogP contribution in [0.1, 0.15) is 24.0 Å². The number of thioether (sulfide) groups is 1. The van der Waals surface area contributed by atoms with Crippen molar-refractivity contribution in [2.45, 2.75) is 38.8 Å². The first-order valence-corrected chi connectivity index (χ1v) is 9.17. The SMILES string of the molecule is Cc1ccc(NC(=O)C2CSCN2C(=O)C2CCC(=O)N2)c(C)c1. The van der Waals surface area contributed by atoms with Gasteiger partial charge in [-0.2, -0.15) is 0 Å². The van der Waals surface area contributed by atoms with Crippen LogP contribution in [0.5, 0.6) is 0 Å². The molecule has 1 aromatic carbocycles. The van der Waals surface area contributed by atoms with Crippen molar-refractivity contribution in [1.82, 2.24) is 10.2 Å². The second-order valence-corrected chi connectivity index (χ2v) is 7.29. The molecule has 2 aliphatic rings. The number of rotatable bonds is 3. The standard InChI is InChI=1S/C17H21N3O3S/c1-10-3-4-12(11(2)7-10)19-16(22)14-8-24-9-20(14)17(23)13-5-6-15(21)18-13/h3-4,7,13-14H,5-6,8-9H2,1-2H3,(H,18,21)(H,19,22). The van der Waals surface area contributed by atoms with Crippen molar-refractivity contribution in [2.24, 2.45) is 0 Å². The fraction of sp³-hybridized carbons (Fsp3) is 0.471. The van der Waals surface area contributed by atoms with Crippen LogP contribution in [-0.4, -0.2) is 46.3 Å². The molecule has 3 rings (SSSR count). The second-order valence-electron chi connectivity index (χ2n) is 6.29. The Bertz CT molecular complexity index is 692. The van der Waals surface area contributed by atoms with Crippen molar-refractivity contribution < 1.29 is 14.4 Å². The Hall–Kier alpha value is -2.02. The largest absolute Gasteiger partial charge is 0.344 e. The third kappa shape index (κ3) is 3.40. The number of aryl methyl sites for hydroxylation is 2. The quantitative estimate of drug-likeness (QED) is 0.867. The maximum absolute atomic E-state index is 12.6. The van der Waals surface area contributed by atoms with E-state index in [4.69, 9.17) is 0 Å². The van der Waals surface area contributed by atoms with Crippen LogP contribution in [0.15, 0.2) is 18.2 Å². The van der Waals surface area contributed by atoms with Gasteiger partial charge in [0.1, 0.15) is 12.1 Å². The van der Waals surface area contributed by atoms with E-state index < -0.39 is 12.1 Å². The second kappa shape index (κ2) is 6.84. The molecule has 3 amide bonds. The molecule has 7 heteroatoms. The van der Waals surface area contributed by atoms with Crippen LogP contribution in [0.25, 0.3) is 0 Å². The number of hydrogen-bond acceptors (Lipinski definition) is 4. The zero-order valence-electron chi connectivity index (χ0n) is 13.8. The molecule has 0 saturated carbocycles. The number of carbonyl (C=O) groups is 3. The van der Waals surface area contributed by atoms with E-state index in [1.807, 2.05) is 32.0 Å². The van der Waals surface area contributed by atoms with Gasteiger partial charge in [-0.25, -0.2) is 0 Å². The lowest BCUT2D eigenvalue weighted by molar-refractivity contribution is -0.138. The Labute approximate surface area is 145 Å². The summed E-state index contributed by atoms with van der Waals surface area (Å²) < 4.78 is 0. The van der Waals surface area contributed by atoms with E-state index in [-0.39, 0.29) is 17.7 Å². The first-order chi connectivity index (χ1) is 11.5. The molecular weight excluding hydrogens is 326 g/mol. The number of amides is 3. The van der Waals surface area contributed by atoms with E-state index in [0.717, 1.165) is 16.8 Å². The Kier molecular flexibility index (Phi) is 4.80. The van der Waals surface area contributed by atoms with Gasteiger partial charge in [0, 0.05) is 17.9 Å². The number of benzene rings is 1. The van der Waals surface area contributed by atoms with E-state index in [9.17, 15) is 14.4 Å². The average Bonchev–Trinajstić information content (AvgIpc) is 3.18. The highest BCUT2D eigenvalue weighted by Crippen LogP contribution is 2.25. The zero-order chi connectivity index (χ0) is 17.3. The van der Waals surface area contributed by atoms with Crippen LogP contribution in [0.2, 0.25) is 0 Å². The Balaban J connectivity index is 1.69. The number of hydrogen-bond donors (Lipinski definition) is 2. The van der Waals surface area contributed by atoms with Crippen molar-refractivity contribution in [2.75, 3.05) is 16.9 Å². The van der Waals surface area contributed by atoms with Gasteiger partial charge < -0.3 is 15.5 Å². The van der Waals surface area contributed by atoms with Crippen LogP contribution in [0.3, 0.4) is 0 Å². The Morgan fingerprint density at radius 1 is 1.33 bits per heavy atom. The Morgan fingerprint density at radius 2 is 2.12 bits per heavy atom. The van der Waals surface area contributed by atoms with Crippen LogP contribution in [0.4, 0.5) is 5.69 Å². The molecule has 0 radical (unpaired) electrons. The van der Waals surface area contributed by atoms with Gasteiger partial charge in [-0.3, -0.25) is 14.4 Å². The summed E-state index contributed by atoms with van der Waals surface area (Å²) in [4.78, 5) is 38.1. The molecule has 128 valence electrons. The molecule has 2 fully saturated rings. The predicted molar refractivity (Wildman–Crippen MR) is 93.7 cm³/mol. The van der Waals surface area contributed by atoms with E-state index in [2.05, 4.69) is 10.6 Å². The first-order valence-electron chi connectivity index (χ1n) is 8.01. The zero-order valence-corrected chi connectivity index (χ0v) is 14.6. The third-order valence-electron chi connectivity index (χ3n) is 4.40. The molecule has 2 heterocycles. The summed E-state index contributed by atoms with van der Waals surface area (Å²) in [6.07, 6.45) is 0.876. The van der Waals surface area contributed by atoms with Crippen molar-refractivity contribution in [3.05, 3.63) is 29.3 Å². The van der Waals surface area contributed by atoms with Gasteiger partial charge in [0.25, 0.3) is 0 Å². The van der Waals surface area contributed by atoms with Gasteiger partial charge in [-0.05, 0) is 31.9 Å². The summed E-state index contributed by atoms with van der Waals surface area (Å²) >= 11 is 1.56. The highest BCUT2D eigenvalue weighted by atomic mass is 32.2. The van der Waals surface area contributed by atoms with Crippen LogP contribution < -0.4 is 10.6 Å². The molecule has 2 unspecified atom stereocenters. The fourth-order valence-electron chi connectivity index (χ4n) is 3.05. The molecule has 2 saturated heterocycles. The highest BCUT2D eigenvalue weighted by molar-refractivity contribution is 7.99. The van der Waals surface area contributed by atoms with Gasteiger partial charge in [0.05, 0.1) is 5.88 Å². The number of nitrogens with zero attached hydrogens (tertiary/aromatic N) is 1. The van der Waals surface area contributed by atoms with E-state index in [1.54, 1.807) is 16.7 Å². The summed E-state index contributed by atoms with van der Waals surface area (Å²) in [6, 6.07) is 4.85. The van der Waals surface area contributed by atoms with Gasteiger partial charge >= 0.3 is 0 Å². The minimum atomic E-state index is -0.499. The third-order valence-corrected chi connectivity index (χ3v) is 5.41. The highest BCUT2D eigenvalue weighted by Gasteiger charge is 2.39.